The molecule has 3 heterocycles. The van der Waals surface area contributed by atoms with Crippen LogP contribution in [0, 0.1) is 0 Å². The van der Waals surface area contributed by atoms with Crippen molar-refractivity contribution < 1.29 is 14.0 Å². The molecule has 2 aromatic heterocycles. The average molecular weight is 386 g/mol. The fraction of sp³-hybridized carbons (Fsp3) is 0.136. The molecule has 7 nitrogen and oxygen atoms in total. The van der Waals surface area contributed by atoms with Crippen LogP contribution >= 0.6 is 0 Å². The van der Waals surface area contributed by atoms with E-state index in [0.29, 0.717) is 18.0 Å². The molecule has 1 aliphatic rings. The number of fused-ring (bicyclic) bond motifs is 1. The Balaban J connectivity index is 1.31. The molecule has 3 amide bonds. The Hall–Kier alpha value is -3.87. The first kappa shape index (κ1) is 17.2. The minimum atomic E-state index is -0.595. The molecule has 1 aliphatic heterocycles. The summed E-state index contributed by atoms with van der Waals surface area (Å²) in [6.45, 7) is 0.0748. The normalized spacial score (nSPS) is 16.6. The van der Waals surface area contributed by atoms with Gasteiger partial charge < -0.3 is 14.7 Å². The maximum atomic E-state index is 12.8. The first-order valence-electron chi connectivity index (χ1n) is 9.36. The Labute approximate surface area is 166 Å². The molecule has 29 heavy (non-hydrogen) atoms. The first-order valence-corrected chi connectivity index (χ1v) is 9.36. The molecule has 2 N–H and O–H groups in total. The number of imide groups is 1. The summed E-state index contributed by atoms with van der Waals surface area (Å²) >= 11 is 0. The third-order valence-corrected chi connectivity index (χ3v) is 5.10. The molecule has 144 valence electrons. The van der Waals surface area contributed by atoms with Gasteiger partial charge in [-0.2, -0.15) is 0 Å². The van der Waals surface area contributed by atoms with E-state index < -0.39 is 12.1 Å². The van der Waals surface area contributed by atoms with Crippen LogP contribution in [0.3, 0.4) is 0 Å². The Morgan fingerprint density at radius 3 is 2.69 bits per heavy atom. The maximum Gasteiger partial charge on any atom is 0.325 e. The van der Waals surface area contributed by atoms with Crippen molar-refractivity contribution in [3.63, 3.8) is 0 Å². The summed E-state index contributed by atoms with van der Waals surface area (Å²) in [7, 11) is 0. The molecule has 4 aromatic rings. The van der Waals surface area contributed by atoms with Crippen LogP contribution in [0.4, 0.5) is 4.79 Å². The van der Waals surface area contributed by atoms with Gasteiger partial charge in [0.15, 0.2) is 0 Å². The number of hydrogen-bond donors (Lipinski definition) is 2. The third-order valence-electron chi connectivity index (χ3n) is 5.10. The van der Waals surface area contributed by atoms with E-state index in [1.807, 2.05) is 60.8 Å². The summed E-state index contributed by atoms with van der Waals surface area (Å²) in [5.74, 6) is 0.201. The topological polar surface area (TPSA) is 91.2 Å². The highest BCUT2D eigenvalue weighted by molar-refractivity contribution is 6.04. The highest BCUT2D eigenvalue weighted by Crippen LogP contribution is 2.23. The van der Waals surface area contributed by atoms with Gasteiger partial charge in [0, 0.05) is 29.1 Å². The summed E-state index contributed by atoms with van der Waals surface area (Å²) in [4.78, 5) is 34.0. The number of amides is 3. The van der Waals surface area contributed by atoms with Crippen LogP contribution in [0.1, 0.15) is 11.3 Å². The number of para-hydroxylation sites is 1. The van der Waals surface area contributed by atoms with Gasteiger partial charge in [0.05, 0.1) is 12.2 Å². The number of benzene rings is 2. The zero-order chi connectivity index (χ0) is 19.8. The lowest BCUT2D eigenvalue weighted by molar-refractivity contribution is -0.127. The van der Waals surface area contributed by atoms with Gasteiger partial charge in [-0.25, -0.2) is 9.78 Å². The largest absolute Gasteiger partial charge is 0.444 e. The van der Waals surface area contributed by atoms with E-state index in [9.17, 15) is 9.59 Å². The zero-order valence-corrected chi connectivity index (χ0v) is 15.5. The van der Waals surface area contributed by atoms with Crippen LogP contribution in [0.15, 0.2) is 71.5 Å². The SMILES string of the molecule is O=C1NC(Cc2c[nH]c3ccccc23)C(=O)N1Cc1coc(-c2ccccc2)n1. The van der Waals surface area contributed by atoms with Gasteiger partial charge in [-0.15, -0.1) is 0 Å². The first-order chi connectivity index (χ1) is 14.2. The number of carbonyl (C=O) groups excluding carboxylic acids is 2. The van der Waals surface area contributed by atoms with Crippen molar-refractivity contribution in [2.75, 3.05) is 0 Å². The van der Waals surface area contributed by atoms with E-state index in [-0.39, 0.29) is 12.5 Å². The van der Waals surface area contributed by atoms with E-state index in [1.165, 1.54) is 11.2 Å². The van der Waals surface area contributed by atoms with Crippen LogP contribution in [0.5, 0.6) is 0 Å². The predicted molar refractivity (Wildman–Crippen MR) is 107 cm³/mol. The Bertz CT molecular complexity index is 1190. The van der Waals surface area contributed by atoms with Crippen molar-refractivity contribution in [2.24, 2.45) is 0 Å². The number of aromatic amines is 1. The molecule has 5 rings (SSSR count). The van der Waals surface area contributed by atoms with Crippen molar-refractivity contribution >= 4 is 22.8 Å². The van der Waals surface area contributed by atoms with Gasteiger partial charge in [-0.05, 0) is 23.8 Å². The van der Waals surface area contributed by atoms with Crippen LogP contribution in [-0.2, 0) is 17.8 Å². The lowest BCUT2D eigenvalue weighted by atomic mass is 10.1. The number of carbonyl (C=O) groups is 2. The number of H-pyrrole nitrogens is 1. The van der Waals surface area contributed by atoms with E-state index in [1.54, 1.807) is 0 Å². The van der Waals surface area contributed by atoms with Crippen molar-refractivity contribution in [3.05, 3.63) is 78.3 Å². The quantitative estimate of drug-likeness (QED) is 0.514. The molecule has 0 bridgehead atoms. The Morgan fingerprint density at radius 1 is 1.03 bits per heavy atom. The van der Waals surface area contributed by atoms with Gasteiger partial charge >= 0.3 is 6.03 Å². The monoisotopic (exact) mass is 386 g/mol. The molecule has 2 aromatic carbocycles. The molecule has 0 spiro atoms. The summed E-state index contributed by atoms with van der Waals surface area (Å²) in [6, 6.07) is 16.4. The standard InChI is InChI=1S/C22H18N4O3/c27-21-19(10-15-11-23-18-9-5-4-8-17(15)18)25-22(28)26(21)12-16-13-29-20(24-16)14-6-2-1-3-7-14/h1-9,11,13,19,23H,10,12H2,(H,25,28). The van der Waals surface area contributed by atoms with Crippen LogP contribution in [-0.4, -0.2) is 32.8 Å². The highest BCUT2D eigenvalue weighted by atomic mass is 16.3. The number of rotatable bonds is 5. The lowest BCUT2D eigenvalue weighted by Gasteiger charge is -2.10. The fourth-order valence-electron chi connectivity index (χ4n) is 3.64. The third kappa shape index (κ3) is 3.16. The highest BCUT2D eigenvalue weighted by Gasteiger charge is 2.38. The van der Waals surface area contributed by atoms with Crippen molar-refractivity contribution in [1.29, 1.82) is 0 Å². The van der Waals surface area contributed by atoms with Gasteiger partial charge in [0.1, 0.15) is 12.3 Å². The predicted octanol–water partition coefficient (Wildman–Crippen LogP) is 3.49. The van der Waals surface area contributed by atoms with Crippen LogP contribution in [0.2, 0.25) is 0 Å². The van der Waals surface area contributed by atoms with E-state index >= 15 is 0 Å². The van der Waals surface area contributed by atoms with E-state index in [2.05, 4.69) is 15.3 Å². The average Bonchev–Trinajstić information content (AvgIpc) is 3.45. The number of nitrogens with zero attached hydrogens (tertiary/aromatic N) is 2. The summed E-state index contributed by atoms with van der Waals surface area (Å²) in [6.07, 6.45) is 3.80. The van der Waals surface area contributed by atoms with E-state index in [0.717, 1.165) is 22.0 Å². The van der Waals surface area contributed by atoms with Crippen LogP contribution < -0.4 is 5.32 Å². The number of aromatic nitrogens is 2. The second kappa shape index (κ2) is 6.94. The molecular weight excluding hydrogens is 368 g/mol. The molecular formula is C22H18N4O3. The smallest absolute Gasteiger partial charge is 0.325 e. The molecule has 1 saturated heterocycles. The summed E-state index contributed by atoms with van der Waals surface area (Å²) < 4.78 is 5.51. The van der Waals surface area contributed by atoms with Crippen LogP contribution in [0.25, 0.3) is 22.4 Å². The molecule has 7 heteroatoms. The molecule has 0 aliphatic carbocycles. The molecule has 1 fully saturated rings. The van der Waals surface area contributed by atoms with Crippen molar-refractivity contribution in [2.45, 2.75) is 19.0 Å². The van der Waals surface area contributed by atoms with Crippen molar-refractivity contribution in [3.8, 4) is 11.5 Å². The van der Waals surface area contributed by atoms with E-state index in [4.69, 9.17) is 4.42 Å². The second-order valence-corrected chi connectivity index (χ2v) is 7.00. The van der Waals surface area contributed by atoms with Crippen molar-refractivity contribution in [1.82, 2.24) is 20.2 Å². The van der Waals surface area contributed by atoms with Gasteiger partial charge in [-0.1, -0.05) is 36.4 Å². The zero-order valence-electron chi connectivity index (χ0n) is 15.5. The lowest BCUT2D eigenvalue weighted by Crippen LogP contribution is -2.32. The number of nitrogens with one attached hydrogen (secondary N) is 2. The maximum absolute atomic E-state index is 12.8. The minimum absolute atomic E-state index is 0.0748. The minimum Gasteiger partial charge on any atom is -0.444 e. The summed E-state index contributed by atoms with van der Waals surface area (Å²) in [5, 5.41) is 3.83. The molecule has 0 radical (unpaired) electrons. The molecule has 1 atom stereocenters. The van der Waals surface area contributed by atoms with Gasteiger partial charge in [-0.3, -0.25) is 9.69 Å². The number of oxazole rings is 1. The Morgan fingerprint density at radius 2 is 1.83 bits per heavy atom. The Kier molecular flexibility index (Phi) is 4.13. The summed E-state index contributed by atoms with van der Waals surface area (Å²) in [5.41, 5.74) is 3.37. The second-order valence-electron chi connectivity index (χ2n) is 7.00. The number of urea groups is 1. The van der Waals surface area contributed by atoms with Gasteiger partial charge in [0.25, 0.3) is 5.91 Å². The van der Waals surface area contributed by atoms with Gasteiger partial charge in [0.2, 0.25) is 5.89 Å². The number of hydrogen-bond acceptors (Lipinski definition) is 4. The molecule has 0 saturated carbocycles. The molecule has 1 unspecified atom stereocenters. The fourth-order valence-corrected chi connectivity index (χ4v) is 3.64.